The third-order valence-electron chi connectivity index (χ3n) is 4.63. The zero-order chi connectivity index (χ0) is 20.1. The first kappa shape index (κ1) is 19.4. The minimum atomic E-state index is -0.610. The maximum atomic E-state index is 10.6. The molecule has 0 amide bonds. The highest BCUT2D eigenvalue weighted by atomic mass is 32.1. The summed E-state index contributed by atoms with van der Waals surface area (Å²) < 4.78 is 3.21. The number of nitrogens with zero attached hydrogens (tertiary/aromatic N) is 3. The Morgan fingerprint density at radius 3 is 2.90 bits per heavy atom. The Hall–Kier alpha value is -2.90. The van der Waals surface area contributed by atoms with Crippen LogP contribution >= 0.6 is 11.3 Å². The van der Waals surface area contributed by atoms with Crippen LogP contribution in [0.3, 0.4) is 0 Å². The second-order valence-electron chi connectivity index (χ2n) is 6.80. The lowest BCUT2D eigenvalue weighted by Crippen LogP contribution is -2.38. The van der Waals surface area contributed by atoms with Gasteiger partial charge in [0.25, 0.3) is 0 Å². The average molecular weight is 408 g/mol. The van der Waals surface area contributed by atoms with Gasteiger partial charge in [0.1, 0.15) is 11.8 Å². The van der Waals surface area contributed by atoms with Gasteiger partial charge in [-0.15, -0.1) is 11.3 Å². The number of hydrogen-bond acceptors (Lipinski definition) is 4. The van der Waals surface area contributed by atoms with E-state index in [1.807, 2.05) is 60.1 Å². The van der Waals surface area contributed by atoms with Gasteiger partial charge in [-0.2, -0.15) is 0 Å². The van der Waals surface area contributed by atoms with Crippen molar-refractivity contribution in [1.82, 2.24) is 20.0 Å². The maximum Gasteiger partial charge on any atom is 0.191 e. The summed E-state index contributed by atoms with van der Waals surface area (Å²) in [6.45, 7) is 3.83. The van der Waals surface area contributed by atoms with Gasteiger partial charge in [0.2, 0.25) is 0 Å². The molecule has 3 aromatic heterocycles. The van der Waals surface area contributed by atoms with Crippen LogP contribution in [0.2, 0.25) is 0 Å². The van der Waals surface area contributed by atoms with Gasteiger partial charge in [-0.1, -0.05) is 24.3 Å². The highest BCUT2D eigenvalue weighted by Gasteiger charge is 2.11. The molecule has 4 aromatic rings. The number of nitrogens with one attached hydrogen (secondary N) is 2. The fourth-order valence-corrected chi connectivity index (χ4v) is 4.23. The number of aliphatic hydroxyl groups excluding tert-OH is 1. The minimum absolute atomic E-state index is 0.316. The van der Waals surface area contributed by atoms with E-state index in [4.69, 9.17) is 0 Å². The summed E-state index contributed by atoms with van der Waals surface area (Å²) in [6, 6.07) is 16.2. The first-order valence-electron chi connectivity index (χ1n) is 9.84. The van der Waals surface area contributed by atoms with Gasteiger partial charge in [-0.25, -0.2) is 4.98 Å². The summed E-state index contributed by atoms with van der Waals surface area (Å²) in [6.07, 6.45) is 4.23. The second-order valence-corrected chi connectivity index (χ2v) is 7.91. The average Bonchev–Trinajstić information content (AvgIpc) is 3.35. The number of pyridine rings is 1. The zero-order valence-corrected chi connectivity index (χ0v) is 17.2. The topological polar surface area (TPSA) is 74.0 Å². The maximum absolute atomic E-state index is 10.6. The smallest absolute Gasteiger partial charge is 0.191 e. The molecule has 1 unspecified atom stereocenters. The van der Waals surface area contributed by atoms with E-state index in [0.29, 0.717) is 19.0 Å². The quantitative estimate of drug-likeness (QED) is 0.324. The molecule has 0 aliphatic carbocycles. The molecule has 0 aliphatic heterocycles. The Bertz CT molecular complexity index is 1050. The van der Waals surface area contributed by atoms with E-state index in [9.17, 15) is 5.11 Å². The molecule has 4 rings (SSSR count). The van der Waals surface area contributed by atoms with Crippen LogP contribution in [0.1, 0.15) is 23.6 Å². The van der Waals surface area contributed by atoms with Crippen molar-refractivity contribution in [3.05, 3.63) is 71.5 Å². The summed E-state index contributed by atoms with van der Waals surface area (Å²) in [7, 11) is 0. The van der Waals surface area contributed by atoms with Crippen LogP contribution < -0.4 is 10.6 Å². The molecule has 1 atom stereocenters. The lowest BCUT2D eigenvalue weighted by atomic mass is 10.2. The SMILES string of the molecule is CCNC(=NCC(O)c1cc2ccccc2s1)NCCc1cn2ccccc2n1. The van der Waals surface area contributed by atoms with E-state index >= 15 is 0 Å². The molecular formula is C22H25N5OS. The Morgan fingerprint density at radius 1 is 1.21 bits per heavy atom. The number of aliphatic hydroxyl groups is 1. The summed E-state index contributed by atoms with van der Waals surface area (Å²) in [5, 5.41) is 18.3. The number of fused-ring (bicyclic) bond motifs is 2. The van der Waals surface area contributed by atoms with Crippen LogP contribution in [-0.4, -0.2) is 40.1 Å². The van der Waals surface area contributed by atoms with Crippen molar-refractivity contribution in [2.75, 3.05) is 19.6 Å². The molecular weight excluding hydrogens is 382 g/mol. The standard InChI is InChI=1S/C22H25N5OS/c1-2-23-22(24-11-10-17-15-27-12-6-5-9-21(27)26-17)25-14-18(28)20-13-16-7-3-4-8-19(16)29-20/h3-9,12-13,15,18,28H,2,10-11,14H2,1H3,(H2,23,24,25). The van der Waals surface area contributed by atoms with Gasteiger partial charge < -0.3 is 20.1 Å². The molecule has 0 saturated heterocycles. The van der Waals surface area contributed by atoms with Crippen LogP contribution in [0.15, 0.2) is 65.9 Å². The molecule has 0 aliphatic rings. The number of hydrogen-bond donors (Lipinski definition) is 3. The molecule has 1 aromatic carbocycles. The molecule has 29 heavy (non-hydrogen) atoms. The third-order valence-corrected chi connectivity index (χ3v) is 5.84. The highest BCUT2D eigenvalue weighted by Crippen LogP contribution is 2.29. The van der Waals surface area contributed by atoms with Crippen molar-refractivity contribution in [2.24, 2.45) is 4.99 Å². The number of thiophene rings is 1. The number of guanidine groups is 1. The normalized spacial score (nSPS) is 13.1. The first-order chi connectivity index (χ1) is 14.2. The number of benzene rings is 1. The Labute approximate surface area is 173 Å². The van der Waals surface area contributed by atoms with Crippen LogP contribution in [-0.2, 0) is 6.42 Å². The lowest BCUT2D eigenvalue weighted by Gasteiger charge is -2.12. The van der Waals surface area contributed by atoms with Crippen LogP contribution in [0.5, 0.6) is 0 Å². The fourth-order valence-electron chi connectivity index (χ4n) is 3.19. The van der Waals surface area contributed by atoms with E-state index in [1.165, 1.54) is 4.70 Å². The predicted octanol–water partition coefficient (Wildman–Crippen LogP) is 3.38. The van der Waals surface area contributed by atoms with Crippen LogP contribution in [0.25, 0.3) is 15.7 Å². The van der Waals surface area contributed by atoms with Gasteiger partial charge in [0, 0.05) is 41.5 Å². The molecule has 0 spiro atoms. The van der Waals surface area contributed by atoms with Gasteiger partial charge in [-0.3, -0.25) is 4.99 Å². The van der Waals surface area contributed by atoms with Crippen molar-refractivity contribution >= 4 is 33.0 Å². The first-order valence-corrected chi connectivity index (χ1v) is 10.7. The molecule has 0 bridgehead atoms. The molecule has 0 saturated carbocycles. The fraction of sp³-hybridized carbons (Fsp3) is 0.273. The van der Waals surface area contributed by atoms with E-state index in [0.717, 1.165) is 34.6 Å². The van der Waals surface area contributed by atoms with E-state index in [-0.39, 0.29) is 0 Å². The molecule has 6 nitrogen and oxygen atoms in total. The van der Waals surface area contributed by atoms with Crippen LogP contribution in [0, 0.1) is 0 Å². The molecule has 3 N–H and O–H groups in total. The Kier molecular flexibility index (Phi) is 6.07. The predicted molar refractivity (Wildman–Crippen MR) is 120 cm³/mol. The third kappa shape index (κ3) is 4.75. The van der Waals surface area contributed by atoms with Gasteiger partial charge in [0.15, 0.2) is 5.96 Å². The van der Waals surface area contributed by atoms with Gasteiger partial charge in [0.05, 0.1) is 12.2 Å². The van der Waals surface area contributed by atoms with Crippen molar-refractivity contribution < 1.29 is 5.11 Å². The van der Waals surface area contributed by atoms with Crippen molar-refractivity contribution in [3.63, 3.8) is 0 Å². The monoisotopic (exact) mass is 407 g/mol. The van der Waals surface area contributed by atoms with E-state index in [1.54, 1.807) is 11.3 Å². The number of aliphatic imine (C=N–C) groups is 1. The number of aromatic nitrogens is 2. The summed E-state index contributed by atoms with van der Waals surface area (Å²) in [5.74, 6) is 0.705. The van der Waals surface area contributed by atoms with Gasteiger partial charge in [-0.05, 0) is 36.6 Å². The highest BCUT2D eigenvalue weighted by molar-refractivity contribution is 7.19. The molecule has 0 radical (unpaired) electrons. The minimum Gasteiger partial charge on any atom is -0.386 e. The van der Waals surface area contributed by atoms with Crippen molar-refractivity contribution in [2.45, 2.75) is 19.4 Å². The largest absolute Gasteiger partial charge is 0.386 e. The molecule has 7 heteroatoms. The van der Waals surface area contributed by atoms with Crippen molar-refractivity contribution in [1.29, 1.82) is 0 Å². The summed E-state index contributed by atoms with van der Waals surface area (Å²) in [5.41, 5.74) is 1.99. The Balaban J connectivity index is 1.35. The zero-order valence-electron chi connectivity index (χ0n) is 16.4. The molecule has 0 fully saturated rings. The molecule has 3 heterocycles. The number of imidazole rings is 1. The van der Waals surface area contributed by atoms with E-state index in [2.05, 4.69) is 32.7 Å². The number of rotatable bonds is 7. The van der Waals surface area contributed by atoms with Crippen molar-refractivity contribution in [3.8, 4) is 0 Å². The lowest BCUT2D eigenvalue weighted by molar-refractivity contribution is 0.191. The summed E-state index contributed by atoms with van der Waals surface area (Å²) in [4.78, 5) is 10.1. The second kappa shape index (κ2) is 9.07. The Morgan fingerprint density at radius 2 is 2.07 bits per heavy atom. The summed E-state index contributed by atoms with van der Waals surface area (Å²) >= 11 is 1.62. The van der Waals surface area contributed by atoms with Crippen LogP contribution in [0.4, 0.5) is 0 Å². The van der Waals surface area contributed by atoms with Gasteiger partial charge >= 0.3 is 0 Å². The van der Waals surface area contributed by atoms with E-state index < -0.39 is 6.10 Å². The molecule has 150 valence electrons.